The highest BCUT2D eigenvalue weighted by atomic mass is 35.5. The third-order valence-electron chi connectivity index (χ3n) is 3.06. The van der Waals surface area contributed by atoms with Gasteiger partial charge in [0.05, 0.1) is 11.3 Å². The molecule has 0 saturated carbocycles. The van der Waals surface area contributed by atoms with Crippen molar-refractivity contribution in [1.29, 1.82) is 0 Å². The topological polar surface area (TPSA) is 90.7 Å². The van der Waals surface area contributed by atoms with Crippen LogP contribution in [0, 0.1) is 0 Å². The Hall–Kier alpha value is -2.61. The quantitative estimate of drug-likeness (QED) is 0.785. The van der Waals surface area contributed by atoms with Crippen molar-refractivity contribution in [1.82, 2.24) is 20.2 Å². The van der Waals surface area contributed by atoms with Crippen LogP contribution in [0.3, 0.4) is 0 Å². The molecule has 3 aromatic rings. The van der Waals surface area contributed by atoms with Crippen LogP contribution in [0.25, 0.3) is 11.5 Å². The second-order valence-corrected chi connectivity index (χ2v) is 5.01. The molecule has 0 amide bonds. The van der Waals surface area contributed by atoms with Crippen molar-refractivity contribution in [3.05, 3.63) is 52.6 Å². The number of rotatable bonds is 4. The van der Waals surface area contributed by atoms with Crippen LogP contribution in [0.5, 0.6) is 0 Å². The molecule has 0 aliphatic carbocycles. The Balaban J connectivity index is 2.02. The molecule has 0 fully saturated rings. The summed E-state index contributed by atoms with van der Waals surface area (Å²) in [5, 5.41) is 7.46. The van der Waals surface area contributed by atoms with E-state index < -0.39 is 12.3 Å². The Kier molecular flexibility index (Phi) is 4.16. The summed E-state index contributed by atoms with van der Waals surface area (Å²) < 4.78 is 30.1. The van der Waals surface area contributed by atoms with Gasteiger partial charge in [-0.1, -0.05) is 29.8 Å². The molecule has 23 heavy (non-hydrogen) atoms. The van der Waals surface area contributed by atoms with E-state index in [9.17, 15) is 8.78 Å². The standard InChI is InChI=1S/C14H10ClF2N5O/c15-9-4-2-1-3-7(9)5-10-8(6-19-14(18)20-10)12-21-22-13(23-12)11(16)17/h1-4,6,11H,5H2,(H2,18,19,20). The summed E-state index contributed by atoms with van der Waals surface area (Å²) in [4.78, 5) is 7.99. The highest BCUT2D eigenvalue weighted by Crippen LogP contribution is 2.27. The van der Waals surface area contributed by atoms with Crippen LogP contribution in [-0.4, -0.2) is 20.2 Å². The van der Waals surface area contributed by atoms with E-state index in [1.165, 1.54) is 6.20 Å². The molecule has 3 rings (SSSR count). The Morgan fingerprint density at radius 3 is 2.70 bits per heavy atom. The number of anilines is 1. The molecule has 1 aromatic carbocycles. The maximum atomic E-state index is 12.6. The van der Waals surface area contributed by atoms with E-state index in [0.717, 1.165) is 5.56 Å². The molecule has 2 heterocycles. The first-order valence-corrected chi connectivity index (χ1v) is 6.89. The highest BCUT2D eigenvalue weighted by Gasteiger charge is 2.20. The summed E-state index contributed by atoms with van der Waals surface area (Å²) in [5.41, 5.74) is 7.19. The second-order valence-electron chi connectivity index (χ2n) is 4.60. The second kappa shape index (κ2) is 6.25. The molecule has 0 saturated heterocycles. The lowest BCUT2D eigenvalue weighted by Crippen LogP contribution is -2.03. The Morgan fingerprint density at radius 1 is 1.22 bits per heavy atom. The monoisotopic (exact) mass is 337 g/mol. The van der Waals surface area contributed by atoms with Gasteiger partial charge < -0.3 is 10.2 Å². The normalized spacial score (nSPS) is 11.1. The molecule has 2 aromatic heterocycles. The fourth-order valence-electron chi connectivity index (χ4n) is 2.00. The highest BCUT2D eigenvalue weighted by molar-refractivity contribution is 6.31. The van der Waals surface area contributed by atoms with Gasteiger partial charge in [0, 0.05) is 17.6 Å². The lowest BCUT2D eigenvalue weighted by molar-refractivity contribution is 0.116. The number of aromatic nitrogens is 4. The molecule has 0 aliphatic heterocycles. The zero-order chi connectivity index (χ0) is 16.4. The number of halogens is 3. The van der Waals surface area contributed by atoms with Crippen LogP contribution < -0.4 is 5.73 Å². The molecule has 0 spiro atoms. The van der Waals surface area contributed by atoms with Crippen molar-refractivity contribution in [3.63, 3.8) is 0 Å². The Bertz CT molecular complexity index is 840. The van der Waals surface area contributed by atoms with Crippen molar-refractivity contribution in [2.45, 2.75) is 12.8 Å². The third kappa shape index (κ3) is 3.26. The predicted molar refractivity (Wildman–Crippen MR) is 79.0 cm³/mol. The molecular weight excluding hydrogens is 328 g/mol. The summed E-state index contributed by atoms with van der Waals surface area (Å²) in [5.74, 6) is -0.813. The molecule has 0 unspecified atom stereocenters. The molecule has 2 N–H and O–H groups in total. The van der Waals surface area contributed by atoms with Gasteiger partial charge in [-0.25, -0.2) is 9.97 Å². The van der Waals surface area contributed by atoms with Crippen LogP contribution in [0.15, 0.2) is 34.9 Å². The minimum atomic E-state index is -2.85. The average Bonchev–Trinajstić information content (AvgIpc) is 3.00. The van der Waals surface area contributed by atoms with E-state index in [1.807, 2.05) is 12.1 Å². The molecule has 0 aliphatic rings. The SMILES string of the molecule is Nc1ncc(-c2nnc(C(F)F)o2)c(Cc2ccccc2Cl)n1. The van der Waals surface area contributed by atoms with Gasteiger partial charge in [0.2, 0.25) is 5.95 Å². The summed E-state index contributed by atoms with van der Waals surface area (Å²) >= 11 is 6.13. The Labute approximate surface area is 134 Å². The first-order chi connectivity index (χ1) is 11.0. The van der Waals surface area contributed by atoms with Crippen LogP contribution in [0.1, 0.15) is 23.6 Å². The molecule has 9 heteroatoms. The van der Waals surface area contributed by atoms with Crippen LogP contribution in [0.2, 0.25) is 5.02 Å². The molecule has 0 bridgehead atoms. The molecule has 6 nitrogen and oxygen atoms in total. The summed E-state index contributed by atoms with van der Waals surface area (Å²) in [6.07, 6.45) is -1.18. The fourth-order valence-corrected chi connectivity index (χ4v) is 2.20. The maximum Gasteiger partial charge on any atom is 0.314 e. The third-order valence-corrected chi connectivity index (χ3v) is 3.43. The van der Waals surface area contributed by atoms with E-state index in [-0.39, 0.29) is 11.8 Å². The minimum absolute atomic E-state index is 0.0457. The average molecular weight is 338 g/mol. The van der Waals surface area contributed by atoms with Crippen molar-refractivity contribution < 1.29 is 13.2 Å². The fraction of sp³-hybridized carbons (Fsp3) is 0.143. The van der Waals surface area contributed by atoms with Gasteiger partial charge >= 0.3 is 6.43 Å². The lowest BCUT2D eigenvalue weighted by atomic mass is 10.1. The number of hydrogen-bond acceptors (Lipinski definition) is 6. The number of hydrogen-bond donors (Lipinski definition) is 1. The van der Waals surface area contributed by atoms with Gasteiger partial charge in [-0.15, -0.1) is 10.2 Å². The lowest BCUT2D eigenvalue weighted by Gasteiger charge is -2.07. The smallest absolute Gasteiger partial charge is 0.314 e. The van der Waals surface area contributed by atoms with Gasteiger partial charge in [-0.2, -0.15) is 8.78 Å². The van der Waals surface area contributed by atoms with Crippen molar-refractivity contribution in [2.24, 2.45) is 0 Å². The summed E-state index contributed by atoms with van der Waals surface area (Å²) in [7, 11) is 0. The van der Waals surface area contributed by atoms with E-state index in [4.69, 9.17) is 21.8 Å². The predicted octanol–water partition coefficient (Wildman–Crippen LogP) is 3.29. The number of nitrogen functional groups attached to an aromatic ring is 1. The maximum absolute atomic E-state index is 12.6. The minimum Gasteiger partial charge on any atom is -0.415 e. The van der Waals surface area contributed by atoms with Gasteiger partial charge in [0.25, 0.3) is 11.8 Å². The van der Waals surface area contributed by atoms with Crippen LogP contribution >= 0.6 is 11.6 Å². The first kappa shape index (κ1) is 15.3. The number of alkyl halides is 2. The van der Waals surface area contributed by atoms with Gasteiger partial charge in [-0.05, 0) is 11.6 Å². The Morgan fingerprint density at radius 2 is 2.00 bits per heavy atom. The molecule has 0 atom stereocenters. The number of benzene rings is 1. The molecule has 0 radical (unpaired) electrons. The van der Waals surface area contributed by atoms with Crippen LogP contribution in [-0.2, 0) is 6.42 Å². The zero-order valence-electron chi connectivity index (χ0n) is 11.6. The number of nitrogens with zero attached hydrogens (tertiary/aromatic N) is 4. The van der Waals surface area contributed by atoms with Crippen molar-refractivity contribution >= 4 is 17.5 Å². The zero-order valence-corrected chi connectivity index (χ0v) is 12.3. The summed E-state index contributed by atoms with van der Waals surface area (Å²) in [6, 6.07) is 7.19. The van der Waals surface area contributed by atoms with E-state index in [1.54, 1.807) is 12.1 Å². The first-order valence-electron chi connectivity index (χ1n) is 6.51. The van der Waals surface area contributed by atoms with Crippen LogP contribution in [0.4, 0.5) is 14.7 Å². The number of nitrogens with two attached hydrogens (primary N) is 1. The largest absolute Gasteiger partial charge is 0.415 e. The molecule has 118 valence electrons. The van der Waals surface area contributed by atoms with E-state index in [2.05, 4.69) is 20.2 Å². The van der Waals surface area contributed by atoms with Gasteiger partial charge in [0.1, 0.15) is 0 Å². The van der Waals surface area contributed by atoms with Gasteiger partial charge in [0.15, 0.2) is 0 Å². The van der Waals surface area contributed by atoms with E-state index in [0.29, 0.717) is 22.7 Å². The van der Waals surface area contributed by atoms with E-state index >= 15 is 0 Å². The summed E-state index contributed by atoms with van der Waals surface area (Å²) in [6.45, 7) is 0. The molecular formula is C14H10ClF2N5O. The van der Waals surface area contributed by atoms with Crippen molar-refractivity contribution in [2.75, 3.05) is 5.73 Å². The van der Waals surface area contributed by atoms with Gasteiger partial charge in [-0.3, -0.25) is 0 Å². The van der Waals surface area contributed by atoms with Crippen molar-refractivity contribution in [3.8, 4) is 11.5 Å².